The van der Waals surface area contributed by atoms with Crippen molar-refractivity contribution in [1.29, 1.82) is 0 Å². The Hall–Kier alpha value is -6.90. The number of ketones is 2. The van der Waals surface area contributed by atoms with E-state index in [1.165, 1.54) is 43.3 Å². The van der Waals surface area contributed by atoms with Gasteiger partial charge in [-0.2, -0.15) is 0 Å². The summed E-state index contributed by atoms with van der Waals surface area (Å²) < 4.78 is 58.2. The number of alkyl halides is 2. The summed E-state index contributed by atoms with van der Waals surface area (Å²) in [5.74, 6) is -8.67. The first-order valence-corrected chi connectivity index (χ1v) is 29.1. The standard InChI is InChI=1S/C59H83F2N7O17/c1-8-11-48-84-45-27-36-37-26-39(60)38-25-35(70)19-21-56(38,6)58(37,61)43(71)28-57(36,7)59(45,85-48)44(72)30-82-53(79)42(24-31(2)3)66-51(77)41(20-23-69)67-55(81)83-29-33-15-17-34(18-16-33)64-50(76)40(12-10-22-63-54(62)80)65-52(78)49(32(4)5)68-46(73)13-9-14-47(74)75/h15-19,21,25,31-32,36-37,39-43,45,48-49,69,71H,8-14,20,22-24,26-30H2,1-7H3,(H,64,76)(H,65,78)(H,66,77)(H,67,81)(H,68,73)(H,74,75)(H3,62,63,80)/t36-,37-,39-,40-,41-,42-,43-,45+,48?,49-,56-,57-,58-,59+/m0/s1. The average molecular weight is 1200 g/mol. The number of aliphatic hydroxyl groups excluding tert-OH is 2. The first-order valence-electron chi connectivity index (χ1n) is 29.1. The number of Topliss-reactive ketones (excluding diaryl/α,β-unsaturated/α-hetero) is 1. The maximum atomic E-state index is 18.0. The molecule has 85 heavy (non-hydrogen) atoms. The number of hydrogen-bond acceptors (Lipinski definition) is 16. The molecule has 7 amide bonds. The number of anilines is 1. The molecule has 1 aromatic rings. The van der Waals surface area contributed by atoms with Crippen LogP contribution < -0.4 is 37.6 Å². The van der Waals surface area contributed by atoms with Gasteiger partial charge in [0.05, 0.1) is 12.2 Å². The van der Waals surface area contributed by atoms with Crippen LogP contribution >= 0.6 is 0 Å². The summed E-state index contributed by atoms with van der Waals surface area (Å²) in [6.45, 7) is 10.2. The Bertz CT molecular complexity index is 2730. The Morgan fingerprint density at radius 3 is 2.18 bits per heavy atom. The number of nitrogens with two attached hydrogens (primary N) is 1. The van der Waals surface area contributed by atoms with Gasteiger partial charge in [-0.3, -0.25) is 33.6 Å². The summed E-state index contributed by atoms with van der Waals surface area (Å²) in [6.07, 6.45) is -2.88. The van der Waals surface area contributed by atoms with Gasteiger partial charge in [-0.25, -0.2) is 23.2 Å². The number of rotatable bonds is 29. The summed E-state index contributed by atoms with van der Waals surface area (Å²) in [6, 6.07) is 0.170. The minimum Gasteiger partial charge on any atom is -0.481 e. The number of carboxylic acid groups (broad SMARTS) is 1. The molecular weight excluding hydrogens is 1120 g/mol. The maximum Gasteiger partial charge on any atom is 0.408 e. The van der Waals surface area contributed by atoms with E-state index in [-0.39, 0.29) is 94.5 Å². The zero-order valence-electron chi connectivity index (χ0n) is 49.2. The lowest BCUT2D eigenvalue weighted by atomic mass is 9.44. The second-order valence-corrected chi connectivity index (χ2v) is 24.0. The molecule has 26 heteroatoms. The van der Waals surface area contributed by atoms with E-state index in [1.54, 1.807) is 34.6 Å². The van der Waals surface area contributed by atoms with Crippen molar-refractivity contribution >= 4 is 64.9 Å². The van der Waals surface area contributed by atoms with Crippen molar-refractivity contribution in [3.8, 4) is 0 Å². The minimum absolute atomic E-state index is 0.00411. The molecule has 11 N–H and O–H groups in total. The van der Waals surface area contributed by atoms with E-state index in [0.29, 0.717) is 18.4 Å². The van der Waals surface area contributed by atoms with Gasteiger partial charge in [0.25, 0.3) is 0 Å². The SMILES string of the molecule is CCCC1O[C@@H]2C[C@H]3[C@@H]4C[C@H](F)C5=CC(=O)C=C[C@]5(C)[C@@]4(F)[C@@H](O)C[C@]3(C)[C@]2(C(=O)COC(=O)[C@H](CC(C)C)NC(=O)[C@H](CCO)NC(=O)OCc2ccc(NC(=O)[C@H](CCCNC(N)=O)NC(=O)[C@@H](NC(=O)CCCC(=O)O)C(C)C)cc2)O1. The van der Waals surface area contributed by atoms with Crippen molar-refractivity contribution in [3.05, 3.63) is 53.6 Å². The summed E-state index contributed by atoms with van der Waals surface area (Å²) in [7, 11) is 0. The third kappa shape index (κ3) is 15.0. The number of carbonyl (C=O) groups excluding carboxylic acids is 9. The number of halogens is 2. The number of esters is 1. The van der Waals surface area contributed by atoms with E-state index in [4.69, 9.17) is 29.8 Å². The van der Waals surface area contributed by atoms with Gasteiger partial charge in [-0.05, 0) is 118 Å². The number of alkyl carbamates (subject to hydrolysis) is 1. The Balaban J connectivity index is 1.06. The lowest BCUT2D eigenvalue weighted by molar-refractivity contribution is -0.235. The summed E-state index contributed by atoms with van der Waals surface area (Å²) in [5.41, 5.74) is -1.54. The van der Waals surface area contributed by atoms with E-state index in [1.807, 2.05) is 6.92 Å². The van der Waals surface area contributed by atoms with Gasteiger partial charge < -0.3 is 71.9 Å². The maximum absolute atomic E-state index is 18.0. The number of fused-ring (bicyclic) bond motifs is 7. The minimum atomic E-state index is -2.44. The highest BCUT2D eigenvalue weighted by Crippen LogP contribution is 2.72. The number of ether oxygens (including phenoxy) is 4. The molecule has 1 aromatic carbocycles. The molecule has 6 rings (SSSR count). The fourth-order valence-electron chi connectivity index (χ4n) is 13.1. The van der Waals surface area contributed by atoms with Crippen molar-refractivity contribution in [3.63, 3.8) is 0 Å². The highest BCUT2D eigenvalue weighted by atomic mass is 19.1. The number of hydrogen-bond donors (Lipinski definition) is 10. The third-order valence-electron chi connectivity index (χ3n) is 17.3. The summed E-state index contributed by atoms with van der Waals surface area (Å²) >= 11 is 0. The second-order valence-electron chi connectivity index (χ2n) is 24.0. The van der Waals surface area contributed by atoms with Crippen molar-refractivity contribution in [2.75, 3.05) is 25.1 Å². The number of carboxylic acids is 1. The monoisotopic (exact) mass is 1200 g/mol. The third-order valence-corrected chi connectivity index (χ3v) is 17.3. The number of primary amides is 1. The van der Waals surface area contributed by atoms with Gasteiger partial charge in [0, 0.05) is 48.4 Å². The zero-order chi connectivity index (χ0) is 62.8. The Morgan fingerprint density at radius 2 is 1.54 bits per heavy atom. The van der Waals surface area contributed by atoms with Crippen LogP contribution in [0.25, 0.3) is 0 Å². The van der Waals surface area contributed by atoms with Gasteiger partial charge in [0.1, 0.15) is 36.9 Å². The van der Waals surface area contributed by atoms with Crippen LogP contribution in [0.2, 0.25) is 0 Å². The van der Waals surface area contributed by atoms with E-state index in [0.717, 1.165) is 6.08 Å². The van der Waals surface area contributed by atoms with Gasteiger partial charge in [-0.15, -0.1) is 0 Å². The quantitative estimate of drug-likeness (QED) is 0.0403. The Labute approximate surface area is 492 Å². The van der Waals surface area contributed by atoms with E-state index in [9.17, 15) is 58.2 Å². The van der Waals surface area contributed by atoms with Crippen LogP contribution in [0.15, 0.2) is 48.1 Å². The lowest BCUT2D eigenvalue weighted by Crippen LogP contribution is -2.71. The number of carbonyl (C=O) groups is 10. The van der Waals surface area contributed by atoms with Crippen LogP contribution in [-0.2, 0) is 63.9 Å². The molecule has 0 radical (unpaired) electrons. The predicted molar refractivity (Wildman–Crippen MR) is 300 cm³/mol. The van der Waals surface area contributed by atoms with Crippen molar-refractivity contribution in [2.45, 2.75) is 192 Å². The van der Waals surface area contributed by atoms with Gasteiger partial charge in [0.2, 0.25) is 29.4 Å². The largest absolute Gasteiger partial charge is 0.481 e. The van der Waals surface area contributed by atoms with Crippen LogP contribution in [0, 0.1) is 34.5 Å². The van der Waals surface area contributed by atoms with E-state index >= 15 is 8.78 Å². The van der Waals surface area contributed by atoms with Gasteiger partial charge in [-0.1, -0.05) is 66.2 Å². The molecule has 0 bridgehead atoms. The van der Waals surface area contributed by atoms with Crippen molar-refractivity contribution in [2.24, 2.45) is 40.2 Å². The van der Waals surface area contributed by atoms with Crippen LogP contribution in [0.3, 0.4) is 0 Å². The van der Waals surface area contributed by atoms with Gasteiger partial charge in [0.15, 0.2) is 29.9 Å². The Morgan fingerprint density at radius 1 is 0.859 bits per heavy atom. The normalized spacial score (nSPS) is 28.6. The molecule has 3 saturated carbocycles. The molecule has 0 aromatic heterocycles. The highest BCUT2D eigenvalue weighted by molar-refractivity contribution is 6.02. The first kappa shape index (κ1) is 67.2. The number of allylic oxidation sites excluding steroid dienone is 4. The van der Waals surface area contributed by atoms with Crippen LogP contribution in [0.5, 0.6) is 0 Å². The van der Waals surface area contributed by atoms with Gasteiger partial charge >= 0.3 is 24.1 Å². The predicted octanol–water partition coefficient (Wildman–Crippen LogP) is 3.78. The molecule has 1 unspecified atom stereocenters. The molecule has 4 fully saturated rings. The first-order chi connectivity index (χ1) is 40.0. The number of urea groups is 1. The van der Waals surface area contributed by atoms with E-state index in [2.05, 4.69) is 31.9 Å². The number of aliphatic carboxylic acids is 1. The second kappa shape index (κ2) is 28.5. The molecule has 5 aliphatic rings. The Kier molecular flexibility index (Phi) is 22.6. The molecule has 1 heterocycles. The molecule has 14 atom stereocenters. The molecule has 470 valence electrons. The fraction of sp³-hybridized carbons (Fsp3) is 0.661. The molecular formula is C59H83F2N7O17. The lowest BCUT2D eigenvalue weighted by Gasteiger charge is -2.63. The summed E-state index contributed by atoms with van der Waals surface area (Å²) in [4.78, 5) is 130. The smallest absolute Gasteiger partial charge is 0.408 e. The fourth-order valence-corrected chi connectivity index (χ4v) is 13.1. The van der Waals surface area contributed by atoms with Crippen molar-refractivity contribution in [1.82, 2.24) is 26.6 Å². The highest BCUT2D eigenvalue weighted by Gasteiger charge is 2.80. The average Bonchev–Trinajstić information content (AvgIpc) is 2.98. The molecule has 4 aliphatic carbocycles. The number of benzene rings is 1. The van der Waals surface area contributed by atoms with Crippen LogP contribution in [0.1, 0.15) is 131 Å². The van der Waals surface area contributed by atoms with Crippen molar-refractivity contribution < 1.29 is 91.0 Å². The molecule has 1 aliphatic heterocycles. The number of nitrogens with one attached hydrogen (secondary N) is 6. The topological polar surface area (TPSA) is 367 Å². The summed E-state index contributed by atoms with van der Waals surface area (Å²) in [5, 5.41) is 46.1. The van der Waals surface area contributed by atoms with Crippen LogP contribution in [0.4, 0.5) is 24.1 Å². The molecule has 0 spiro atoms. The zero-order valence-corrected chi connectivity index (χ0v) is 49.2. The number of aliphatic hydroxyl groups is 2. The number of amides is 7. The molecule has 24 nitrogen and oxygen atoms in total. The van der Waals surface area contributed by atoms with E-state index < -0.39 is 161 Å². The molecule has 1 saturated heterocycles. The van der Waals surface area contributed by atoms with Crippen LogP contribution in [-0.4, -0.2) is 154 Å².